The second-order valence-corrected chi connectivity index (χ2v) is 7.65. The first kappa shape index (κ1) is 21.1. The third-order valence-corrected chi connectivity index (χ3v) is 5.36. The molecule has 0 spiro atoms. The number of anilines is 2. The second kappa shape index (κ2) is 8.55. The highest BCUT2D eigenvalue weighted by Gasteiger charge is 2.30. The minimum atomic E-state index is -1.04. The summed E-state index contributed by atoms with van der Waals surface area (Å²) >= 11 is 5.86. The summed E-state index contributed by atoms with van der Waals surface area (Å²) in [6.07, 6.45) is 2.05. The number of hydrogen-bond donors (Lipinski definition) is 0. The van der Waals surface area contributed by atoms with E-state index in [-0.39, 0.29) is 29.1 Å². The molecule has 3 heterocycles. The predicted octanol–water partition coefficient (Wildman–Crippen LogP) is 4.90. The maximum atomic E-state index is 14.6. The molecule has 1 aliphatic heterocycles. The van der Waals surface area contributed by atoms with Crippen LogP contribution in [-0.2, 0) is 0 Å². The van der Waals surface area contributed by atoms with Crippen LogP contribution in [-0.4, -0.2) is 42.2 Å². The molecule has 160 valence electrons. The molecule has 5 nitrogen and oxygen atoms in total. The summed E-state index contributed by atoms with van der Waals surface area (Å²) in [5.74, 6) is -1.47. The number of amides is 1. The van der Waals surface area contributed by atoms with Crippen molar-refractivity contribution in [2.75, 3.05) is 29.9 Å². The van der Waals surface area contributed by atoms with Crippen LogP contribution in [0.1, 0.15) is 16.9 Å². The zero-order valence-corrected chi connectivity index (χ0v) is 17.3. The molecule has 0 aliphatic carbocycles. The Hall–Kier alpha value is -3.13. The van der Waals surface area contributed by atoms with Gasteiger partial charge in [0.1, 0.15) is 23.5 Å². The van der Waals surface area contributed by atoms with Gasteiger partial charge in [0, 0.05) is 37.1 Å². The Morgan fingerprint density at radius 2 is 1.97 bits per heavy atom. The molecule has 2 aromatic heterocycles. The standard InChI is InChI=1S/C22H18ClF3N4O/c1-29(22(31)19-5-2-13(23)11-28-19)20-16(17-10-14(24)3-4-18(17)26)6-8-27-21(20)30-9-7-15(25)12-30/h2-6,8,10-11,15H,7,9,12H2,1H3/t15-/m0/s1. The number of halogens is 4. The van der Waals surface area contributed by atoms with Gasteiger partial charge in [-0.15, -0.1) is 0 Å². The maximum absolute atomic E-state index is 14.6. The van der Waals surface area contributed by atoms with E-state index < -0.39 is 23.7 Å². The summed E-state index contributed by atoms with van der Waals surface area (Å²) in [6.45, 7) is 0.480. The van der Waals surface area contributed by atoms with Gasteiger partial charge in [0.05, 0.1) is 17.3 Å². The van der Waals surface area contributed by atoms with Gasteiger partial charge in [0.2, 0.25) is 0 Å². The van der Waals surface area contributed by atoms with Crippen LogP contribution in [0.4, 0.5) is 24.7 Å². The third-order valence-electron chi connectivity index (χ3n) is 5.14. The maximum Gasteiger partial charge on any atom is 0.276 e. The number of pyridine rings is 2. The number of alkyl halides is 1. The lowest BCUT2D eigenvalue weighted by Crippen LogP contribution is -2.31. The van der Waals surface area contributed by atoms with Crippen molar-refractivity contribution >= 4 is 29.0 Å². The Morgan fingerprint density at radius 1 is 1.16 bits per heavy atom. The Kier molecular flexibility index (Phi) is 5.82. The molecular weight excluding hydrogens is 429 g/mol. The van der Waals surface area contributed by atoms with Gasteiger partial charge in [-0.05, 0) is 42.8 Å². The van der Waals surface area contributed by atoms with E-state index in [1.807, 2.05) is 0 Å². The number of aromatic nitrogens is 2. The Morgan fingerprint density at radius 3 is 2.65 bits per heavy atom. The smallest absolute Gasteiger partial charge is 0.276 e. The van der Waals surface area contributed by atoms with E-state index in [4.69, 9.17) is 11.6 Å². The normalized spacial score (nSPS) is 15.9. The molecular formula is C22H18ClF3N4O. The minimum absolute atomic E-state index is 0.0293. The SMILES string of the molecule is CN(C(=O)c1ccc(Cl)cn1)c1c(-c2cc(F)ccc2F)ccnc1N1CC[C@H](F)C1. The molecule has 0 radical (unpaired) electrons. The van der Waals surface area contributed by atoms with E-state index in [9.17, 15) is 18.0 Å². The molecule has 31 heavy (non-hydrogen) atoms. The molecule has 0 unspecified atom stereocenters. The van der Waals surface area contributed by atoms with Crippen molar-refractivity contribution in [2.45, 2.75) is 12.6 Å². The van der Waals surface area contributed by atoms with Gasteiger partial charge in [0.25, 0.3) is 5.91 Å². The summed E-state index contributed by atoms with van der Waals surface area (Å²) in [4.78, 5) is 24.5. The lowest BCUT2D eigenvalue weighted by Gasteiger charge is -2.27. The molecule has 3 aromatic rings. The van der Waals surface area contributed by atoms with Gasteiger partial charge >= 0.3 is 0 Å². The zero-order valence-electron chi connectivity index (χ0n) is 16.5. The molecule has 1 atom stereocenters. The highest BCUT2D eigenvalue weighted by molar-refractivity contribution is 6.30. The highest BCUT2D eigenvalue weighted by atomic mass is 35.5. The van der Waals surface area contributed by atoms with E-state index in [1.165, 1.54) is 42.5 Å². The molecule has 1 aromatic carbocycles. The fourth-order valence-electron chi connectivity index (χ4n) is 3.61. The van der Waals surface area contributed by atoms with Crippen molar-refractivity contribution in [3.8, 4) is 11.1 Å². The van der Waals surface area contributed by atoms with Gasteiger partial charge in [-0.3, -0.25) is 4.79 Å². The van der Waals surface area contributed by atoms with Crippen molar-refractivity contribution < 1.29 is 18.0 Å². The van der Waals surface area contributed by atoms with E-state index in [2.05, 4.69) is 9.97 Å². The summed E-state index contributed by atoms with van der Waals surface area (Å²) in [5, 5.41) is 0.370. The van der Waals surface area contributed by atoms with Gasteiger partial charge in [-0.1, -0.05) is 11.6 Å². The average Bonchev–Trinajstić information content (AvgIpc) is 3.20. The molecule has 1 fully saturated rings. The van der Waals surface area contributed by atoms with E-state index in [1.54, 1.807) is 4.90 Å². The summed E-state index contributed by atoms with van der Waals surface area (Å²) in [6, 6.07) is 7.58. The highest BCUT2D eigenvalue weighted by Crippen LogP contribution is 2.40. The first-order chi connectivity index (χ1) is 14.8. The van der Waals surface area contributed by atoms with E-state index in [0.717, 1.165) is 18.2 Å². The topological polar surface area (TPSA) is 49.3 Å². The lowest BCUT2D eigenvalue weighted by molar-refractivity contribution is 0.0988. The predicted molar refractivity (Wildman–Crippen MR) is 113 cm³/mol. The van der Waals surface area contributed by atoms with Gasteiger partial charge < -0.3 is 9.80 Å². The fraction of sp³-hybridized carbons (Fsp3) is 0.227. The first-order valence-corrected chi connectivity index (χ1v) is 9.96. The lowest BCUT2D eigenvalue weighted by atomic mass is 10.0. The Bertz CT molecular complexity index is 1130. The van der Waals surface area contributed by atoms with Gasteiger partial charge in [-0.2, -0.15) is 0 Å². The van der Waals surface area contributed by atoms with Crippen molar-refractivity contribution in [3.63, 3.8) is 0 Å². The monoisotopic (exact) mass is 446 g/mol. The van der Waals surface area contributed by atoms with Crippen LogP contribution in [0.25, 0.3) is 11.1 Å². The van der Waals surface area contributed by atoms with E-state index >= 15 is 0 Å². The molecule has 9 heteroatoms. The summed E-state index contributed by atoms with van der Waals surface area (Å²) < 4.78 is 42.5. The second-order valence-electron chi connectivity index (χ2n) is 7.21. The molecule has 1 saturated heterocycles. The average molecular weight is 447 g/mol. The summed E-state index contributed by atoms with van der Waals surface area (Å²) in [5.41, 5.74) is 0.576. The quantitative estimate of drug-likeness (QED) is 0.572. The number of benzene rings is 1. The van der Waals surface area contributed by atoms with Crippen LogP contribution in [0.2, 0.25) is 5.02 Å². The molecule has 4 rings (SSSR count). The largest absolute Gasteiger partial charge is 0.352 e. The van der Waals surface area contributed by atoms with Crippen LogP contribution in [0, 0.1) is 11.6 Å². The van der Waals surface area contributed by atoms with Gasteiger partial charge in [-0.25, -0.2) is 23.1 Å². The number of nitrogens with zero attached hydrogens (tertiary/aromatic N) is 4. The first-order valence-electron chi connectivity index (χ1n) is 9.58. The molecule has 1 amide bonds. The number of rotatable bonds is 4. The van der Waals surface area contributed by atoms with Crippen LogP contribution in [0.3, 0.4) is 0 Å². The van der Waals surface area contributed by atoms with Crippen molar-refractivity contribution in [2.24, 2.45) is 0 Å². The van der Waals surface area contributed by atoms with E-state index in [0.29, 0.717) is 23.8 Å². The molecule has 0 saturated carbocycles. The number of carbonyl (C=O) groups is 1. The zero-order chi connectivity index (χ0) is 22.1. The van der Waals surface area contributed by atoms with Crippen LogP contribution in [0.15, 0.2) is 48.8 Å². The van der Waals surface area contributed by atoms with Crippen LogP contribution < -0.4 is 9.80 Å². The third kappa shape index (κ3) is 4.20. The van der Waals surface area contributed by atoms with Gasteiger partial charge in [0.15, 0.2) is 5.82 Å². The van der Waals surface area contributed by atoms with Crippen LogP contribution >= 0.6 is 11.6 Å². The van der Waals surface area contributed by atoms with Crippen LogP contribution in [0.5, 0.6) is 0 Å². The fourth-order valence-corrected chi connectivity index (χ4v) is 3.72. The minimum Gasteiger partial charge on any atom is -0.352 e. The Balaban J connectivity index is 1.87. The van der Waals surface area contributed by atoms with Crippen molar-refractivity contribution in [1.29, 1.82) is 0 Å². The number of hydrogen-bond acceptors (Lipinski definition) is 4. The molecule has 1 aliphatic rings. The van der Waals surface area contributed by atoms with Crippen molar-refractivity contribution in [3.05, 3.63) is 71.1 Å². The van der Waals surface area contributed by atoms with Crippen molar-refractivity contribution in [1.82, 2.24) is 9.97 Å². The molecule has 0 bridgehead atoms. The number of carbonyl (C=O) groups excluding carboxylic acids is 1. The molecule has 0 N–H and O–H groups in total. The Labute approximate surface area is 182 Å². The summed E-state index contributed by atoms with van der Waals surface area (Å²) in [7, 11) is 1.49.